The predicted molar refractivity (Wildman–Crippen MR) is 143 cm³/mol. The summed E-state index contributed by atoms with van der Waals surface area (Å²) in [6.07, 6.45) is 1.32. The lowest BCUT2D eigenvalue weighted by Crippen LogP contribution is -2.49. The summed E-state index contributed by atoms with van der Waals surface area (Å²) in [5, 5.41) is 10.2. The molecule has 3 aromatic carbocycles. The molecule has 0 amide bonds. The van der Waals surface area contributed by atoms with Crippen LogP contribution in [0.25, 0.3) is 17.2 Å². The van der Waals surface area contributed by atoms with Gasteiger partial charge in [-0.05, 0) is 60.0 Å². The maximum Gasteiger partial charge on any atom is 0.150 e. The molecule has 186 valence electrons. The second-order valence-corrected chi connectivity index (χ2v) is 9.43. The summed E-state index contributed by atoms with van der Waals surface area (Å²) < 4.78 is 25.2. The van der Waals surface area contributed by atoms with Gasteiger partial charge in [-0.2, -0.15) is 0 Å². The monoisotopic (exact) mass is 486 g/mol. The predicted octanol–water partition coefficient (Wildman–Crippen LogP) is 5.96. The molecule has 2 aliphatic rings. The summed E-state index contributed by atoms with van der Waals surface area (Å²) in [6, 6.07) is 19.0. The molecule has 1 fully saturated rings. The van der Waals surface area contributed by atoms with E-state index in [0.29, 0.717) is 18.0 Å². The highest BCUT2D eigenvalue weighted by molar-refractivity contribution is 5.97. The number of hydrogen-bond acceptors (Lipinski definition) is 5. The van der Waals surface area contributed by atoms with Gasteiger partial charge < -0.3 is 20.3 Å². The molecule has 5 nitrogen and oxygen atoms in total. The van der Waals surface area contributed by atoms with Crippen LogP contribution in [0.3, 0.4) is 0 Å². The van der Waals surface area contributed by atoms with Crippen LogP contribution in [-0.2, 0) is 0 Å². The van der Waals surface area contributed by atoms with Crippen LogP contribution in [0.2, 0.25) is 0 Å². The van der Waals surface area contributed by atoms with Gasteiger partial charge in [-0.25, -0.2) is 0 Å². The first kappa shape index (κ1) is 23.9. The molecule has 6 heteroatoms. The minimum atomic E-state index is -0.410. The molecule has 0 spiro atoms. The normalized spacial score (nSPS) is 17.8. The van der Waals surface area contributed by atoms with E-state index in [0.717, 1.165) is 58.8 Å². The molecule has 1 atom stereocenters. The van der Waals surface area contributed by atoms with Crippen molar-refractivity contribution in [2.45, 2.75) is 13.0 Å². The zero-order valence-corrected chi connectivity index (χ0v) is 20.4. The van der Waals surface area contributed by atoms with Gasteiger partial charge in [-0.3, -0.25) is 9.29 Å². The van der Waals surface area contributed by atoms with Crippen LogP contribution in [0.15, 0.2) is 67.2 Å². The van der Waals surface area contributed by atoms with Gasteiger partial charge in [-0.15, -0.1) is 0 Å². The van der Waals surface area contributed by atoms with E-state index < -0.39 is 6.10 Å². The zero-order chi connectivity index (χ0) is 25.2. The molecular formula is C30H31FN2O3. The van der Waals surface area contributed by atoms with E-state index in [1.54, 1.807) is 18.2 Å². The van der Waals surface area contributed by atoms with E-state index in [2.05, 4.69) is 18.4 Å². The largest absolute Gasteiger partial charge is 0.508 e. The summed E-state index contributed by atoms with van der Waals surface area (Å²) in [4.78, 5) is 2.20. The van der Waals surface area contributed by atoms with E-state index >= 15 is 0 Å². The van der Waals surface area contributed by atoms with Crippen molar-refractivity contribution in [2.24, 2.45) is 5.92 Å². The van der Waals surface area contributed by atoms with Crippen LogP contribution in [-0.4, -0.2) is 42.9 Å². The average molecular weight is 487 g/mol. The van der Waals surface area contributed by atoms with Gasteiger partial charge in [0, 0.05) is 47.9 Å². The topological polar surface area (TPSA) is 68.0 Å². The van der Waals surface area contributed by atoms with Crippen LogP contribution in [0, 0.1) is 5.92 Å². The Balaban J connectivity index is 1.43. The van der Waals surface area contributed by atoms with Gasteiger partial charge >= 0.3 is 0 Å². The standard InChI is InChI=1S/C30H31FN2O3/c1-3-25-27(32)12-11-26-19(2)28(22-5-4-6-23(34)15-22)29(36-30(25)26)21-7-9-24(10-8-21)35-14-13-33-17-20(16-31)18-33/h3-12,15,20,29,34H,1,13-14,16-18,32H2,2H3. The van der Waals surface area contributed by atoms with Crippen molar-refractivity contribution in [3.63, 3.8) is 0 Å². The Hall–Kier alpha value is -3.77. The summed E-state index contributed by atoms with van der Waals surface area (Å²) in [7, 11) is 0. The fourth-order valence-electron chi connectivity index (χ4n) is 5.03. The number of ether oxygens (including phenoxy) is 2. The highest BCUT2D eigenvalue weighted by Gasteiger charge is 2.31. The second kappa shape index (κ2) is 10.1. The van der Waals surface area contributed by atoms with Crippen LogP contribution in [0.4, 0.5) is 10.1 Å². The van der Waals surface area contributed by atoms with Crippen LogP contribution >= 0.6 is 0 Å². The lowest BCUT2D eigenvalue weighted by Gasteiger charge is -2.37. The summed E-state index contributed by atoms with van der Waals surface area (Å²) >= 11 is 0. The SMILES string of the molecule is C=Cc1c(N)ccc2c1OC(c1ccc(OCCN3CC(CF)C3)cc1)C(c1cccc(O)c1)=C2C. The molecule has 36 heavy (non-hydrogen) atoms. The minimum Gasteiger partial charge on any atom is -0.508 e. The third-order valence-corrected chi connectivity index (χ3v) is 7.01. The number of fused-ring (bicyclic) bond motifs is 1. The molecule has 3 N–H and O–H groups in total. The maximum absolute atomic E-state index is 12.6. The van der Waals surface area contributed by atoms with Crippen molar-refractivity contribution in [2.75, 3.05) is 38.6 Å². The highest BCUT2D eigenvalue weighted by atomic mass is 19.1. The van der Waals surface area contributed by atoms with Crippen LogP contribution in [0.1, 0.15) is 35.3 Å². The molecule has 1 saturated heterocycles. The number of phenolic OH excluding ortho intramolecular Hbond substituents is 1. The fourth-order valence-corrected chi connectivity index (χ4v) is 5.03. The average Bonchev–Trinajstić information content (AvgIpc) is 2.85. The number of allylic oxidation sites excluding steroid dienone is 1. The van der Waals surface area contributed by atoms with E-state index in [1.807, 2.05) is 48.5 Å². The number of anilines is 1. The number of rotatable bonds is 8. The van der Waals surface area contributed by atoms with Gasteiger partial charge in [0.05, 0.1) is 6.67 Å². The summed E-state index contributed by atoms with van der Waals surface area (Å²) in [6.45, 7) is 8.71. The maximum atomic E-state index is 12.6. The van der Waals surface area contributed by atoms with Crippen molar-refractivity contribution < 1.29 is 19.0 Å². The van der Waals surface area contributed by atoms with Gasteiger partial charge in [0.1, 0.15) is 30.0 Å². The molecule has 0 bridgehead atoms. The number of halogens is 1. The number of phenols is 1. The quantitative estimate of drug-likeness (QED) is 0.385. The molecular weight excluding hydrogens is 455 g/mol. The van der Waals surface area contributed by atoms with E-state index in [-0.39, 0.29) is 18.3 Å². The van der Waals surface area contributed by atoms with Gasteiger partial charge in [0.25, 0.3) is 0 Å². The first-order valence-corrected chi connectivity index (χ1v) is 12.2. The number of nitrogens with zero attached hydrogens (tertiary/aromatic N) is 1. The number of aromatic hydroxyl groups is 1. The second-order valence-electron chi connectivity index (χ2n) is 9.43. The summed E-state index contributed by atoms with van der Waals surface area (Å²) in [5.41, 5.74) is 12.4. The first-order chi connectivity index (χ1) is 17.5. The van der Waals surface area contributed by atoms with E-state index in [4.69, 9.17) is 15.2 Å². The van der Waals surface area contributed by atoms with Crippen molar-refractivity contribution in [3.8, 4) is 17.2 Å². The Bertz CT molecular complexity index is 1300. The Morgan fingerprint density at radius 2 is 1.94 bits per heavy atom. The lowest BCUT2D eigenvalue weighted by molar-refractivity contribution is 0.0668. The van der Waals surface area contributed by atoms with Crippen molar-refractivity contribution in [1.29, 1.82) is 0 Å². The van der Waals surface area contributed by atoms with Gasteiger partial charge in [0.15, 0.2) is 0 Å². The number of nitrogens with two attached hydrogens (primary N) is 1. The molecule has 2 heterocycles. The number of benzene rings is 3. The van der Waals surface area contributed by atoms with Crippen molar-refractivity contribution >= 4 is 22.9 Å². The van der Waals surface area contributed by atoms with Gasteiger partial charge in [-0.1, -0.05) is 36.9 Å². The van der Waals surface area contributed by atoms with E-state index in [1.165, 1.54) is 0 Å². The van der Waals surface area contributed by atoms with Gasteiger partial charge in [0.2, 0.25) is 0 Å². The number of likely N-dealkylation sites (tertiary alicyclic amines) is 1. The van der Waals surface area contributed by atoms with Crippen molar-refractivity contribution in [1.82, 2.24) is 4.90 Å². The van der Waals surface area contributed by atoms with Crippen molar-refractivity contribution in [3.05, 3.63) is 89.5 Å². The third kappa shape index (κ3) is 4.56. The number of alkyl halides is 1. The molecule has 0 aromatic heterocycles. The zero-order valence-electron chi connectivity index (χ0n) is 20.4. The number of hydrogen-bond donors (Lipinski definition) is 2. The van der Waals surface area contributed by atoms with Crippen LogP contribution in [0.5, 0.6) is 17.2 Å². The summed E-state index contributed by atoms with van der Waals surface area (Å²) in [5.74, 6) is 1.86. The van der Waals surface area contributed by atoms with Crippen LogP contribution < -0.4 is 15.2 Å². The molecule has 3 aromatic rings. The Morgan fingerprint density at radius 1 is 1.17 bits per heavy atom. The number of nitrogen functional groups attached to an aromatic ring is 1. The third-order valence-electron chi connectivity index (χ3n) is 7.01. The molecule has 1 unspecified atom stereocenters. The minimum absolute atomic E-state index is 0.180. The molecule has 0 aliphatic carbocycles. The lowest BCUT2D eigenvalue weighted by atomic mass is 9.85. The molecule has 5 rings (SSSR count). The molecule has 0 radical (unpaired) electrons. The molecule has 0 saturated carbocycles. The fraction of sp³-hybridized carbons (Fsp3) is 0.267. The van der Waals surface area contributed by atoms with E-state index in [9.17, 15) is 9.50 Å². The Labute approximate surface area is 211 Å². The smallest absolute Gasteiger partial charge is 0.150 e. The highest BCUT2D eigenvalue weighted by Crippen LogP contribution is 2.49. The first-order valence-electron chi connectivity index (χ1n) is 12.2. The Kier molecular flexibility index (Phi) is 6.70. The molecule has 2 aliphatic heterocycles. The Morgan fingerprint density at radius 3 is 2.64 bits per heavy atom.